The molecule has 0 saturated heterocycles. The van der Waals surface area contributed by atoms with E-state index in [1.165, 1.54) is 23.5 Å². The van der Waals surface area contributed by atoms with Crippen molar-refractivity contribution in [1.29, 1.82) is 0 Å². The minimum atomic E-state index is 0. The van der Waals surface area contributed by atoms with Gasteiger partial charge in [0.1, 0.15) is 23.9 Å². The summed E-state index contributed by atoms with van der Waals surface area (Å²) < 4.78 is 0. The number of rotatable bonds is 0. The van der Waals surface area contributed by atoms with Gasteiger partial charge < -0.3 is 24.8 Å². The molecule has 0 fully saturated rings. The van der Waals surface area contributed by atoms with Crippen molar-refractivity contribution in [1.82, 2.24) is 0 Å². The van der Waals surface area contributed by atoms with Crippen LogP contribution in [0.2, 0.25) is 0 Å². The molecule has 0 N–H and O–H groups in total. The van der Waals surface area contributed by atoms with Crippen molar-refractivity contribution < 1.29 is 51.0 Å². The molecule has 0 amide bonds. The molecule has 2 unspecified atom stereocenters. The summed E-state index contributed by atoms with van der Waals surface area (Å²) in [6.45, 7) is 8.81. The van der Waals surface area contributed by atoms with Crippen LogP contribution in [0, 0.1) is 0 Å². The summed E-state index contributed by atoms with van der Waals surface area (Å²) >= 11 is 0. The predicted molar refractivity (Wildman–Crippen MR) is 75.2 cm³/mol. The molecule has 0 aromatic carbocycles. The SMILES string of the molecule is CC1=C(C)C[PH+]=C1.CC1=C(C)C[PH+]=C1.[Cl-].[Cl-].[Zr+2]. The van der Waals surface area contributed by atoms with Crippen molar-refractivity contribution in [3.8, 4) is 0 Å². The van der Waals surface area contributed by atoms with Gasteiger partial charge in [-0.1, -0.05) is 0 Å². The van der Waals surface area contributed by atoms with Crippen LogP contribution in [0.15, 0.2) is 22.3 Å². The summed E-state index contributed by atoms with van der Waals surface area (Å²) in [5.41, 5.74) is 6.19. The van der Waals surface area contributed by atoms with Gasteiger partial charge in [-0.05, 0) is 50.0 Å². The maximum atomic E-state index is 2.33. The molecular formula is C12H20Cl2P2Zr+2. The van der Waals surface area contributed by atoms with Gasteiger partial charge in [0, 0.05) is 0 Å². The average molecular weight is 388 g/mol. The molecule has 2 atom stereocenters. The summed E-state index contributed by atoms with van der Waals surface area (Å²) in [7, 11) is 2.14. The molecule has 0 nitrogen and oxygen atoms in total. The molecule has 2 aliphatic rings. The smallest absolute Gasteiger partial charge is 1.00 e. The molecule has 0 saturated carbocycles. The van der Waals surface area contributed by atoms with Gasteiger partial charge in [-0.2, -0.15) is 0 Å². The maximum absolute atomic E-state index is 2.33. The normalized spacial score (nSPS) is 17.6. The third kappa shape index (κ3) is 8.91. The summed E-state index contributed by atoms with van der Waals surface area (Å²) in [5, 5.41) is 0. The van der Waals surface area contributed by atoms with Crippen LogP contribution < -0.4 is 24.8 Å². The molecule has 2 aliphatic heterocycles. The third-order valence-electron chi connectivity index (χ3n) is 2.72. The van der Waals surface area contributed by atoms with E-state index in [-0.39, 0.29) is 51.0 Å². The molecule has 0 aliphatic carbocycles. The van der Waals surface area contributed by atoms with Crippen molar-refractivity contribution in [3.63, 3.8) is 0 Å². The zero-order chi connectivity index (χ0) is 10.6. The van der Waals surface area contributed by atoms with Crippen LogP contribution in [0.5, 0.6) is 0 Å². The molecule has 2 heterocycles. The zero-order valence-corrected chi connectivity index (χ0v) is 16.8. The van der Waals surface area contributed by atoms with Crippen molar-refractivity contribution in [2.75, 3.05) is 12.3 Å². The Morgan fingerprint density at radius 2 is 1.06 bits per heavy atom. The topological polar surface area (TPSA) is 0 Å². The number of hydrogen-bond acceptors (Lipinski definition) is 0. The van der Waals surface area contributed by atoms with Gasteiger partial charge in [-0.15, -0.1) is 0 Å². The second kappa shape index (κ2) is 12.3. The Balaban J connectivity index is -0.000000196. The van der Waals surface area contributed by atoms with Gasteiger partial charge in [-0.25, -0.2) is 0 Å². The van der Waals surface area contributed by atoms with Gasteiger partial charge in [0.25, 0.3) is 0 Å². The standard InChI is InChI=1S/2C6H9P.2ClH.Zr/c2*1-5-3-7-4-6(5)2;;;/h2*3H,4H2,1-2H3;2*1H;/q;;;;+2. The van der Waals surface area contributed by atoms with Gasteiger partial charge in [-0.3, -0.25) is 0 Å². The van der Waals surface area contributed by atoms with Crippen molar-refractivity contribution >= 4 is 28.0 Å². The fraction of sp³-hybridized carbons (Fsp3) is 0.500. The van der Waals surface area contributed by atoms with Crippen LogP contribution in [-0.4, -0.2) is 23.9 Å². The first kappa shape index (κ1) is 23.4. The Labute approximate surface area is 140 Å². The molecule has 0 bridgehead atoms. The summed E-state index contributed by atoms with van der Waals surface area (Å²) in [5.74, 6) is 4.66. The predicted octanol–water partition coefficient (Wildman–Crippen LogP) is -2.36. The van der Waals surface area contributed by atoms with E-state index < -0.39 is 0 Å². The maximum Gasteiger partial charge on any atom is 2.00 e. The minimum Gasteiger partial charge on any atom is -1.00 e. The van der Waals surface area contributed by atoms with E-state index in [1.54, 1.807) is 11.1 Å². The van der Waals surface area contributed by atoms with E-state index in [4.69, 9.17) is 0 Å². The summed E-state index contributed by atoms with van der Waals surface area (Å²) in [6, 6.07) is 0. The largest absolute Gasteiger partial charge is 2.00 e. The van der Waals surface area contributed by atoms with E-state index >= 15 is 0 Å². The molecular weight excluding hydrogens is 368 g/mol. The Morgan fingerprint density at radius 3 is 1.12 bits per heavy atom. The van der Waals surface area contributed by atoms with Crippen LogP contribution in [0.1, 0.15) is 27.7 Å². The number of allylic oxidation sites excluding steroid dienone is 4. The van der Waals surface area contributed by atoms with Gasteiger partial charge in [0.15, 0.2) is 0 Å². The van der Waals surface area contributed by atoms with Crippen LogP contribution in [0.25, 0.3) is 0 Å². The first-order chi connectivity index (χ1) is 6.61. The number of halogens is 2. The van der Waals surface area contributed by atoms with E-state index in [0.29, 0.717) is 0 Å². The molecule has 94 valence electrons. The Morgan fingerprint density at radius 1 is 0.765 bits per heavy atom. The van der Waals surface area contributed by atoms with Crippen LogP contribution in [0.3, 0.4) is 0 Å². The van der Waals surface area contributed by atoms with Gasteiger partial charge in [0.2, 0.25) is 0 Å². The van der Waals surface area contributed by atoms with E-state index in [0.717, 1.165) is 16.4 Å². The van der Waals surface area contributed by atoms with E-state index in [9.17, 15) is 0 Å². The fourth-order valence-corrected chi connectivity index (χ4v) is 3.72. The first-order valence-electron chi connectivity index (χ1n) is 5.07. The third-order valence-corrected chi connectivity index (χ3v) is 5.46. The van der Waals surface area contributed by atoms with Crippen molar-refractivity contribution in [2.45, 2.75) is 27.7 Å². The van der Waals surface area contributed by atoms with Crippen LogP contribution in [0.4, 0.5) is 0 Å². The van der Waals surface area contributed by atoms with Gasteiger partial charge >= 0.3 is 26.2 Å². The quantitative estimate of drug-likeness (QED) is 0.408. The second-order valence-electron chi connectivity index (χ2n) is 3.98. The monoisotopic (exact) mass is 386 g/mol. The van der Waals surface area contributed by atoms with Crippen LogP contribution >= 0.6 is 16.4 Å². The Bertz CT molecular complexity index is 310. The Kier molecular flexibility index (Phi) is 16.9. The molecule has 0 spiro atoms. The zero-order valence-electron chi connectivity index (χ0n) is 10.8. The van der Waals surface area contributed by atoms with Crippen molar-refractivity contribution in [2.24, 2.45) is 0 Å². The molecule has 17 heavy (non-hydrogen) atoms. The summed E-state index contributed by atoms with van der Waals surface area (Å²) in [6.07, 6.45) is 2.65. The molecule has 0 radical (unpaired) electrons. The second-order valence-corrected chi connectivity index (χ2v) is 6.08. The average Bonchev–Trinajstić information content (AvgIpc) is 2.67. The van der Waals surface area contributed by atoms with E-state index in [1.807, 2.05) is 0 Å². The van der Waals surface area contributed by atoms with Crippen LogP contribution in [-0.2, 0) is 26.2 Å². The molecule has 5 heteroatoms. The first-order valence-corrected chi connectivity index (χ1v) is 7.64. The molecule has 0 aromatic rings. The number of hydrogen-bond donors (Lipinski definition) is 0. The van der Waals surface area contributed by atoms with E-state index in [2.05, 4.69) is 39.3 Å². The van der Waals surface area contributed by atoms with Gasteiger partial charge in [0.05, 0.1) is 16.4 Å². The molecule has 2 rings (SSSR count). The van der Waals surface area contributed by atoms with Crippen molar-refractivity contribution in [3.05, 3.63) is 22.3 Å². The fourth-order valence-electron chi connectivity index (χ4n) is 1.24. The Hall–Kier alpha value is 1.28. The summed E-state index contributed by atoms with van der Waals surface area (Å²) in [4.78, 5) is 0. The molecule has 0 aromatic heterocycles. The minimum absolute atomic E-state index is 0.